The molecule has 0 amide bonds. The van der Waals surface area contributed by atoms with Crippen molar-refractivity contribution < 1.29 is 0 Å². The summed E-state index contributed by atoms with van der Waals surface area (Å²) in [5.74, 6) is 0. The summed E-state index contributed by atoms with van der Waals surface area (Å²) < 4.78 is 0. The van der Waals surface area contributed by atoms with Gasteiger partial charge in [-0.05, 0) is 58.4 Å². The molecule has 0 radical (unpaired) electrons. The van der Waals surface area contributed by atoms with E-state index >= 15 is 0 Å². The van der Waals surface area contributed by atoms with E-state index in [1.54, 1.807) is 0 Å². The molecule has 0 atom stereocenters. The van der Waals surface area contributed by atoms with Crippen LogP contribution in [0.15, 0.2) is 110 Å². The zero-order valence-corrected chi connectivity index (χ0v) is 17.7. The minimum atomic E-state index is 1.05. The van der Waals surface area contributed by atoms with E-state index in [-0.39, 0.29) is 0 Å². The lowest BCUT2D eigenvalue weighted by molar-refractivity contribution is 1.44. The fourth-order valence-electron chi connectivity index (χ4n) is 3.57. The largest absolute Gasteiger partial charge is 0.0906 e. The SMILES string of the molecule is C=C(c1ccc(C)cc1)c1ccc(-c2ccc(C(=C)c3ccc(C)cc3)cc2)cc1. The summed E-state index contributed by atoms with van der Waals surface area (Å²) >= 11 is 0. The maximum atomic E-state index is 4.28. The molecule has 0 nitrogen and oxygen atoms in total. The number of aryl methyl sites for hydroxylation is 2. The first-order valence-corrected chi connectivity index (χ1v) is 10.2. The summed E-state index contributed by atoms with van der Waals surface area (Å²) in [4.78, 5) is 0. The lowest BCUT2D eigenvalue weighted by Gasteiger charge is -2.10. The Kier molecular flexibility index (Phi) is 5.50. The topological polar surface area (TPSA) is 0 Å². The van der Waals surface area contributed by atoms with Crippen molar-refractivity contribution in [3.63, 3.8) is 0 Å². The highest BCUT2D eigenvalue weighted by molar-refractivity contribution is 5.81. The van der Waals surface area contributed by atoms with Gasteiger partial charge < -0.3 is 0 Å². The van der Waals surface area contributed by atoms with Crippen molar-refractivity contribution >= 4 is 11.1 Å². The molecule has 4 aromatic rings. The van der Waals surface area contributed by atoms with E-state index in [0.717, 1.165) is 33.4 Å². The Balaban J connectivity index is 1.52. The molecule has 0 unspecified atom stereocenters. The van der Waals surface area contributed by atoms with E-state index in [1.165, 1.54) is 22.3 Å². The fraction of sp³-hybridized carbons (Fsp3) is 0.0667. The molecule has 0 fully saturated rings. The summed E-state index contributed by atoms with van der Waals surface area (Å²) in [7, 11) is 0. The third-order valence-corrected chi connectivity index (χ3v) is 5.60. The van der Waals surface area contributed by atoms with Gasteiger partial charge in [-0.3, -0.25) is 0 Å². The molecule has 0 aliphatic heterocycles. The monoisotopic (exact) mass is 386 g/mol. The minimum absolute atomic E-state index is 1.05. The van der Waals surface area contributed by atoms with Crippen molar-refractivity contribution in [2.24, 2.45) is 0 Å². The van der Waals surface area contributed by atoms with Crippen molar-refractivity contribution in [3.05, 3.63) is 144 Å². The van der Waals surface area contributed by atoms with Crippen molar-refractivity contribution in [1.82, 2.24) is 0 Å². The highest BCUT2D eigenvalue weighted by Crippen LogP contribution is 2.28. The molecular weight excluding hydrogens is 360 g/mol. The van der Waals surface area contributed by atoms with E-state index in [1.807, 2.05) is 0 Å². The van der Waals surface area contributed by atoms with Gasteiger partial charge in [0.25, 0.3) is 0 Å². The van der Waals surface area contributed by atoms with Gasteiger partial charge in [0.1, 0.15) is 0 Å². The summed E-state index contributed by atoms with van der Waals surface area (Å²) in [6, 6.07) is 34.3. The van der Waals surface area contributed by atoms with Gasteiger partial charge in [-0.25, -0.2) is 0 Å². The lowest BCUT2D eigenvalue weighted by Crippen LogP contribution is -1.88. The van der Waals surface area contributed by atoms with Crippen LogP contribution in [-0.2, 0) is 0 Å². The van der Waals surface area contributed by atoms with Gasteiger partial charge in [-0.1, -0.05) is 121 Å². The number of hydrogen-bond acceptors (Lipinski definition) is 0. The summed E-state index contributed by atoms with van der Waals surface area (Å²) in [6.07, 6.45) is 0. The zero-order chi connectivity index (χ0) is 21.1. The standard InChI is InChI=1S/C30H26/c1-21-5-9-25(10-6-21)23(3)27-13-17-29(18-14-27)30-19-15-28(16-20-30)24(4)26-11-7-22(2)8-12-26/h5-20H,3-4H2,1-2H3. The molecule has 146 valence electrons. The first kappa shape index (κ1) is 19.7. The third kappa shape index (κ3) is 4.18. The molecule has 4 rings (SSSR count). The van der Waals surface area contributed by atoms with Gasteiger partial charge in [0.15, 0.2) is 0 Å². The van der Waals surface area contributed by atoms with E-state index in [2.05, 4.69) is 124 Å². The van der Waals surface area contributed by atoms with Crippen LogP contribution in [0, 0.1) is 13.8 Å². The highest BCUT2D eigenvalue weighted by Gasteiger charge is 2.06. The van der Waals surface area contributed by atoms with E-state index in [0.29, 0.717) is 0 Å². The zero-order valence-electron chi connectivity index (χ0n) is 17.7. The van der Waals surface area contributed by atoms with Gasteiger partial charge in [0, 0.05) is 0 Å². The van der Waals surface area contributed by atoms with Gasteiger partial charge >= 0.3 is 0 Å². The molecule has 0 heteroatoms. The fourth-order valence-corrected chi connectivity index (χ4v) is 3.57. The van der Waals surface area contributed by atoms with Crippen molar-refractivity contribution in [3.8, 4) is 11.1 Å². The Hall–Kier alpha value is -3.64. The van der Waals surface area contributed by atoms with Crippen LogP contribution in [0.4, 0.5) is 0 Å². The molecule has 0 aliphatic rings. The molecule has 0 spiro atoms. The molecule has 0 N–H and O–H groups in total. The summed E-state index contributed by atoms with van der Waals surface area (Å²) in [5, 5.41) is 0. The second-order valence-electron chi connectivity index (χ2n) is 7.84. The van der Waals surface area contributed by atoms with Crippen LogP contribution in [0.1, 0.15) is 33.4 Å². The Morgan fingerprint density at radius 1 is 0.400 bits per heavy atom. The van der Waals surface area contributed by atoms with Crippen LogP contribution in [-0.4, -0.2) is 0 Å². The van der Waals surface area contributed by atoms with Crippen LogP contribution < -0.4 is 0 Å². The molecule has 4 aromatic carbocycles. The van der Waals surface area contributed by atoms with Crippen LogP contribution in [0.3, 0.4) is 0 Å². The first-order valence-electron chi connectivity index (χ1n) is 10.2. The van der Waals surface area contributed by atoms with Crippen LogP contribution in [0.5, 0.6) is 0 Å². The Labute approximate surface area is 179 Å². The molecular formula is C30H26. The predicted molar refractivity (Wildman–Crippen MR) is 131 cm³/mol. The Bertz CT molecular complexity index is 1070. The average Bonchev–Trinajstić information content (AvgIpc) is 2.79. The van der Waals surface area contributed by atoms with E-state index in [9.17, 15) is 0 Å². The van der Waals surface area contributed by atoms with Crippen molar-refractivity contribution in [1.29, 1.82) is 0 Å². The minimum Gasteiger partial charge on any atom is -0.0906 e. The normalized spacial score (nSPS) is 10.6. The van der Waals surface area contributed by atoms with Gasteiger partial charge in [-0.15, -0.1) is 0 Å². The van der Waals surface area contributed by atoms with E-state index in [4.69, 9.17) is 0 Å². The molecule has 0 bridgehead atoms. The maximum absolute atomic E-state index is 4.28. The average molecular weight is 387 g/mol. The molecule has 0 heterocycles. The van der Waals surface area contributed by atoms with Crippen molar-refractivity contribution in [2.75, 3.05) is 0 Å². The Morgan fingerprint density at radius 2 is 0.633 bits per heavy atom. The predicted octanol–water partition coefficient (Wildman–Crippen LogP) is 8.09. The third-order valence-electron chi connectivity index (χ3n) is 5.60. The summed E-state index contributed by atoms with van der Waals surface area (Å²) in [6.45, 7) is 12.8. The Morgan fingerprint density at radius 3 is 0.900 bits per heavy atom. The lowest BCUT2D eigenvalue weighted by atomic mass is 9.94. The van der Waals surface area contributed by atoms with Gasteiger partial charge in [-0.2, -0.15) is 0 Å². The summed E-state index contributed by atoms with van der Waals surface area (Å²) in [5.41, 5.74) is 11.6. The van der Waals surface area contributed by atoms with E-state index < -0.39 is 0 Å². The maximum Gasteiger partial charge on any atom is -0.0183 e. The molecule has 0 saturated heterocycles. The van der Waals surface area contributed by atoms with Crippen LogP contribution >= 0.6 is 0 Å². The molecule has 0 aromatic heterocycles. The quantitative estimate of drug-likeness (QED) is 0.325. The molecule has 0 aliphatic carbocycles. The van der Waals surface area contributed by atoms with Crippen LogP contribution in [0.2, 0.25) is 0 Å². The molecule has 0 saturated carbocycles. The van der Waals surface area contributed by atoms with Crippen LogP contribution in [0.25, 0.3) is 22.3 Å². The van der Waals surface area contributed by atoms with Gasteiger partial charge in [0.2, 0.25) is 0 Å². The molecule has 30 heavy (non-hydrogen) atoms. The second-order valence-corrected chi connectivity index (χ2v) is 7.84. The van der Waals surface area contributed by atoms with Crippen molar-refractivity contribution in [2.45, 2.75) is 13.8 Å². The number of rotatable bonds is 5. The smallest absolute Gasteiger partial charge is 0.0183 e. The number of benzene rings is 4. The van der Waals surface area contributed by atoms with Gasteiger partial charge in [0.05, 0.1) is 0 Å². The first-order chi connectivity index (χ1) is 14.5. The highest BCUT2D eigenvalue weighted by atomic mass is 14.1. The second kappa shape index (κ2) is 8.39. The number of hydrogen-bond donors (Lipinski definition) is 0.